The molecule has 104 valence electrons. The van der Waals surface area contributed by atoms with Crippen molar-refractivity contribution in [2.24, 2.45) is 5.73 Å². The van der Waals surface area contributed by atoms with Crippen molar-refractivity contribution in [3.05, 3.63) is 62.8 Å². The van der Waals surface area contributed by atoms with Crippen molar-refractivity contribution in [2.45, 2.75) is 10.6 Å². The quantitative estimate of drug-likeness (QED) is 0.459. The van der Waals surface area contributed by atoms with E-state index in [4.69, 9.17) is 22.7 Å². The van der Waals surface area contributed by atoms with Crippen LogP contribution in [0.25, 0.3) is 0 Å². The standard InChI is InChI=1S/C14H11BrClFN2S/c15-12-9(14(18)19)5-6-11(13(12)17)20-7-8-3-1-2-4-10(8)16/h1-6H,7H2,(H3,18,19). The van der Waals surface area contributed by atoms with Gasteiger partial charge in [-0.05, 0) is 39.7 Å². The lowest BCUT2D eigenvalue weighted by Crippen LogP contribution is -2.12. The number of nitrogens with one attached hydrogen (secondary N) is 1. The summed E-state index contributed by atoms with van der Waals surface area (Å²) in [6.45, 7) is 0. The first-order valence-electron chi connectivity index (χ1n) is 5.69. The average Bonchev–Trinajstić information content (AvgIpc) is 2.41. The first-order valence-corrected chi connectivity index (χ1v) is 7.85. The van der Waals surface area contributed by atoms with E-state index in [0.717, 1.165) is 5.56 Å². The summed E-state index contributed by atoms with van der Waals surface area (Å²) in [5.74, 6) is -0.00388. The summed E-state index contributed by atoms with van der Waals surface area (Å²) in [6.07, 6.45) is 0. The van der Waals surface area contributed by atoms with Crippen LogP contribution in [0.3, 0.4) is 0 Å². The van der Waals surface area contributed by atoms with E-state index in [2.05, 4.69) is 15.9 Å². The third-order valence-corrected chi connectivity index (χ3v) is 4.90. The molecule has 0 aliphatic rings. The summed E-state index contributed by atoms with van der Waals surface area (Å²) in [6, 6.07) is 10.7. The molecule has 0 amide bonds. The van der Waals surface area contributed by atoms with E-state index in [-0.39, 0.29) is 10.3 Å². The lowest BCUT2D eigenvalue weighted by molar-refractivity contribution is 0.594. The molecule has 0 atom stereocenters. The predicted molar refractivity (Wildman–Crippen MR) is 86.1 cm³/mol. The van der Waals surface area contributed by atoms with Crippen molar-refractivity contribution >= 4 is 45.1 Å². The molecular formula is C14H11BrClFN2S. The number of thioether (sulfide) groups is 1. The monoisotopic (exact) mass is 372 g/mol. The molecule has 2 rings (SSSR count). The van der Waals surface area contributed by atoms with Crippen LogP contribution in [0, 0.1) is 11.2 Å². The summed E-state index contributed by atoms with van der Waals surface area (Å²) in [5.41, 5.74) is 6.68. The van der Waals surface area contributed by atoms with E-state index in [1.807, 2.05) is 24.3 Å². The minimum atomic E-state index is -0.408. The van der Waals surface area contributed by atoms with Gasteiger partial charge in [0.2, 0.25) is 0 Å². The Morgan fingerprint density at radius 1 is 1.30 bits per heavy atom. The molecule has 0 spiro atoms. The zero-order chi connectivity index (χ0) is 14.7. The molecule has 0 saturated heterocycles. The molecule has 2 nitrogen and oxygen atoms in total. The second-order valence-corrected chi connectivity index (χ2v) is 6.25. The normalized spacial score (nSPS) is 10.6. The predicted octanol–water partition coefficient (Wildman–Crippen LogP) is 4.82. The molecule has 0 aromatic heterocycles. The van der Waals surface area contributed by atoms with Crippen LogP contribution in [0.1, 0.15) is 11.1 Å². The van der Waals surface area contributed by atoms with E-state index >= 15 is 0 Å². The number of rotatable bonds is 4. The third kappa shape index (κ3) is 3.34. The molecule has 6 heteroatoms. The Bertz CT molecular complexity index is 664. The van der Waals surface area contributed by atoms with Crippen molar-refractivity contribution in [2.75, 3.05) is 0 Å². The van der Waals surface area contributed by atoms with Gasteiger partial charge in [0.05, 0.1) is 4.47 Å². The van der Waals surface area contributed by atoms with Crippen LogP contribution in [0.2, 0.25) is 5.02 Å². The van der Waals surface area contributed by atoms with Gasteiger partial charge in [-0.15, -0.1) is 11.8 Å². The summed E-state index contributed by atoms with van der Waals surface area (Å²) in [5, 5.41) is 8.03. The number of nitrogens with two attached hydrogens (primary N) is 1. The van der Waals surface area contributed by atoms with Gasteiger partial charge in [0.25, 0.3) is 0 Å². The fourth-order valence-corrected chi connectivity index (χ4v) is 3.55. The van der Waals surface area contributed by atoms with Gasteiger partial charge >= 0.3 is 0 Å². The molecule has 0 radical (unpaired) electrons. The summed E-state index contributed by atoms with van der Waals surface area (Å²) < 4.78 is 14.4. The maximum atomic E-state index is 14.2. The van der Waals surface area contributed by atoms with Gasteiger partial charge in [-0.25, -0.2) is 4.39 Å². The Morgan fingerprint density at radius 2 is 2.00 bits per heavy atom. The highest BCUT2D eigenvalue weighted by Gasteiger charge is 2.13. The number of nitrogen functional groups attached to an aromatic ring is 1. The van der Waals surface area contributed by atoms with Crippen molar-refractivity contribution in [3.63, 3.8) is 0 Å². The molecule has 0 aliphatic carbocycles. The highest BCUT2D eigenvalue weighted by atomic mass is 79.9. The van der Waals surface area contributed by atoms with E-state index in [1.165, 1.54) is 11.8 Å². The van der Waals surface area contributed by atoms with Crippen molar-refractivity contribution < 1.29 is 4.39 Å². The van der Waals surface area contributed by atoms with Crippen LogP contribution < -0.4 is 5.73 Å². The van der Waals surface area contributed by atoms with E-state index in [0.29, 0.717) is 21.2 Å². The summed E-state index contributed by atoms with van der Waals surface area (Å²) in [4.78, 5) is 0.488. The summed E-state index contributed by atoms with van der Waals surface area (Å²) >= 11 is 10.6. The Labute approximate surface area is 134 Å². The van der Waals surface area contributed by atoms with Crippen LogP contribution in [0.15, 0.2) is 45.8 Å². The number of amidine groups is 1. The Kier molecular flexibility index (Phi) is 5.07. The Morgan fingerprint density at radius 3 is 2.65 bits per heavy atom. The van der Waals surface area contributed by atoms with Gasteiger partial charge in [-0.1, -0.05) is 29.8 Å². The molecule has 0 aliphatic heterocycles. The van der Waals surface area contributed by atoms with Crippen LogP contribution in [-0.4, -0.2) is 5.84 Å². The van der Waals surface area contributed by atoms with Crippen LogP contribution >= 0.6 is 39.3 Å². The van der Waals surface area contributed by atoms with Crippen molar-refractivity contribution in [3.8, 4) is 0 Å². The molecule has 0 saturated carbocycles. The van der Waals surface area contributed by atoms with Crippen molar-refractivity contribution in [1.82, 2.24) is 0 Å². The molecule has 0 heterocycles. The molecule has 0 unspecified atom stereocenters. The maximum absolute atomic E-state index is 14.2. The SMILES string of the molecule is N=C(N)c1ccc(SCc2ccccc2Cl)c(F)c1Br. The second kappa shape index (κ2) is 6.61. The molecule has 0 bridgehead atoms. The Hall–Kier alpha value is -1.04. The third-order valence-electron chi connectivity index (χ3n) is 2.68. The number of benzene rings is 2. The number of hydrogen-bond donors (Lipinski definition) is 2. The first kappa shape index (κ1) is 15.4. The second-order valence-electron chi connectivity index (χ2n) is 4.03. The molecule has 3 N–H and O–H groups in total. The number of hydrogen-bond acceptors (Lipinski definition) is 2. The zero-order valence-electron chi connectivity index (χ0n) is 10.3. The van der Waals surface area contributed by atoms with Crippen molar-refractivity contribution in [1.29, 1.82) is 5.41 Å². The average molecular weight is 374 g/mol. The maximum Gasteiger partial charge on any atom is 0.151 e. The minimum absolute atomic E-state index is 0.168. The van der Waals surface area contributed by atoms with E-state index in [9.17, 15) is 4.39 Å². The zero-order valence-corrected chi connectivity index (χ0v) is 13.4. The molecule has 0 fully saturated rings. The van der Waals surface area contributed by atoms with Gasteiger partial charge in [0.1, 0.15) is 5.84 Å². The highest BCUT2D eigenvalue weighted by Crippen LogP contribution is 2.33. The van der Waals surface area contributed by atoms with E-state index < -0.39 is 5.82 Å². The molecule has 2 aromatic carbocycles. The summed E-state index contributed by atoms with van der Waals surface area (Å²) in [7, 11) is 0. The molecule has 20 heavy (non-hydrogen) atoms. The van der Waals surface area contributed by atoms with Crippen LogP contribution in [0.4, 0.5) is 4.39 Å². The van der Waals surface area contributed by atoms with Crippen LogP contribution in [-0.2, 0) is 5.75 Å². The van der Waals surface area contributed by atoms with Gasteiger partial charge in [0.15, 0.2) is 5.82 Å². The fraction of sp³-hybridized carbons (Fsp3) is 0.0714. The Balaban J connectivity index is 2.21. The largest absolute Gasteiger partial charge is 0.384 e. The highest BCUT2D eigenvalue weighted by molar-refractivity contribution is 9.10. The lowest BCUT2D eigenvalue weighted by Gasteiger charge is -2.09. The lowest BCUT2D eigenvalue weighted by atomic mass is 10.2. The molecular weight excluding hydrogens is 363 g/mol. The fourth-order valence-electron chi connectivity index (χ4n) is 1.62. The van der Waals surface area contributed by atoms with Gasteiger partial charge in [-0.2, -0.15) is 0 Å². The van der Waals surface area contributed by atoms with Gasteiger partial charge < -0.3 is 5.73 Å². The van der Waals surface area contributed by atoms with Crippen LogP contribution in [0.5, 0.6) is 0 Å². The molecule has 2 aromatic rings. The smallest absolute Gasteiger partial charge is 0.151 e. The van der Waals surface area contributed by atoms with E-state index in [1.54, 1.807) is 12.1 Å². The van der Waals surface area contributed by atoms with Gasteiger partial charge in [-0.3, -0.25) is 5.41 Å². The first-order chi connectivity index (χ1) is 9.50. The minimum Gasteiger partial charge on any atom is -0.384 e. The number of halogens is 3. The topological polar surface area (TPSA) is 49.9 Å². The van der Waals surface area contributed by atoms with Gasteiger partial charge in [0, 0.05) is 21.2 Å².